The Morgan fingerprint density at radius 3 is 2.80 bits per heavy atom. The molecule has 2 aromatic rings. The quantitative estimate of drug-likeness (QED) is 0.785. The van der Waals surface area contributed by atoms with Crippen molar-refractivity contribution in [1.29, 1.82) is 0 Å². The van der Waals surface area contributed by atoms with Crippen LogP contribution in [-0.4, -0.2) is 41.0 Å². The summed E-state index contributed by atoms with van der Waals surface area (Å²) in [4.78, 5) is 23.0. The second kappa shape index (κ2) is 7.43. The van der Waals surface area contributed by atoms with Crippen molar-refractivity contribution in [3.63, 3.8) is 0 Å². The number of hydrogen-bond donors (Lipinski definition) is 2. The van der Waals surface area contributed by atoms with Gasteiger partial charge >= 0.3 is 6.03 Å². The average molecular weight is 364 g/mol. The van der Waals surface area contributed by atoms with Crippen LogP contribution in [0.1, 0.15) is 18.9 Å². The second-order valence-corrected chi connectivity index (χ2v) is 6.39. The molecule has 0 spiro atoms. The fourth-order valence-electron chi connectivity index (χ4n) is 2.02. The third kappa shape index (κ3) is 4.02. The van der Waals surface area contributed by atoms with Gasteiger partial charge in [-0.2, -0.15) is 0 Å². The van der Waals surface area contributed by atoms with Crippen molar-refractivity contribution < 1.29 is 23.5 Å². The predicted molar refractivity (Wildman–Crippen MR) is 87.5 cm³/mol. The Labute approximate surface area is 147 Å². The molecule has 25 heavy (non-hydrogen) atoms. The topological polar surface area (TPSA) is 116 Å². The van der Waals surface area contributed by atoms with Crippen molar-refractivity contribution >= 4 is 23.7 Å². The van der Waals surface area contributed by atoms with Gasteiger partial charge in [0.25, 0.3) is 11.1 Å². The molecule has 0 unspecified atom stereocenters. The van der Waals surface area contributed by atoms with E-state index in [-0.39, 0.29) is 17.7 Å². The molecule has 1 aromatic heterocycles. The molecule has 0 saturated carbocycles. The van der Waals surface area contributed by atoms with E-state index in [1.165, 1.54) is 7.05 Å². The number of benzene rings is 1. The normalized spacial score (nSPS) is 16.8. The van der Waals surface area contributed by atoms with Gasteiger partial charge in [-0.05, 0) is 19.1 Å². The molecule has 2 N–H and O–H groups in total. The number of aromatic nitrogens is 2. The molecular weight excluding hydrogens is 348 g/mol. The Kier molecular flexibility index (Phi) is 5.08. The van der Waals surface area contributed by atoms with Gasteiger partial charge < -0.3 is 19.2 Å². The van der Waals surface area contributed by atoms with Crippen molar-refractivity contribution in [2.75, 3.05) is 13.7 Å². The van der Waals surface area contributed by atoms with E-state index in [0.717, 1.165) is 11.8 Å². The van der Waals surface area contributed by atoms with Crippen LogP contribution in [0.3, 0.4) is 0 Å². The number of carbonyl (C=O) groups is 2. The molecule has 9 nitrogen and oxygen atoms in total. The molecular formula is C15H16N4O5S. The standard InChI is InChI=1S/C15H16N4O5S/c1-8(12(20)17-14(21)16-2)25-15-19-18-13(24-15)11-7-22-9-5-3-4-6-10(9)23-11/h3-6,8,11H,7H2,1-2H3,(H2,16,17,20,21)/t8-,11-/m0/s1. The Bertz CT molecular complexity index is 781. The van der Waals surface area contributed by atoms with Crippen molar-refractivity contribution in [1.82, 2.24) is 20.8 Å². The van der Waals surface area contributed by atoms with E-state index in [9.17, 15) is 9.59 Å². The summed E-state index contributed by atoms with van der Waals surface area (Å²) in [6.07, 6.45) is -0.522. The van der Waals surface area contributed by atoms with Crippen LogP contribution in [0, 0.1) is 0 Å². The van der Waals surface area contributed by atoms with Crippen molar-refractivity contribution in [2.24, 2.45) is 0 Å². The maximum absolute atomic E-state index is 11.8. The lowest BCUT2D eigenvalue weighted by molar-refractivity contribution is -0.119. The van der Waals surface area contributed by atoms with Crippen LogP contribution in [-0.2, 0) is 4.79 Å². The van der Waals surface area contributed by atoms with Crippen LogP contribution in [0.4, 0.5) is 4.79 Å². The van der Waals surface area contributed by atoms with Gasteiger partial charge in [-0.25, -0.2) is 4.79 Å². The molecule has 1 aliphatic rings. The molecule has 0 fully saturated rings. The van der Waals surface area contributed by atoms with E-state index in [2.05, 4.69) is 20.8 Å². The molecule has 10 heteroatoms. The van der Waals surface area contributed by atoms with Crippen LogP contribution in [0.5, 0.6) is 11.5 Å². The molecule has 1 aliphatic heterocycles. The molecule has 0 radical (unpaired) electrons. The number of nitrogens with one attached hydrogen (secondary N) is 2. The number of imide groups is 1. The molecule has 2 atom stereocenters. The maximum atomic E-state index is 11.8. The zero-order valence-electron chi connectivity index (χ0n) is 13.5. The van der Waals surface area contributed by atoms with Crippen molar-refractivity contribution in [3.05, 3.63) is 30.2 Å². The van der Waals surface area contributed by atoms with Crippen LogP contribution in [0.25, 0.3) is 0 Å². The van der Waals surface area contributed by atoms with Gasteiger partial charge in [0.2, 0.25) is 12.0 Å². The molecule has 0 bridgehead atoms. The molecule has 3 amide bonds. The Morgan fingerprint density at radius 2 is 2.04 bits per heavy atom. The average Bonchev–Trinajstić information content (AvgIpc) is 3.09. The smallest absolute Gasteiger partial charge is 0.321 e. The summed E-state index contributed by atoms with van der Waals surface area (Å²) in [7, 11) is 1.43. The van der Waals surface area contributed by atoms with E-state index >= 15 is 0 Å². The summed E-state index contributed by atoms with van der Waals surface area (Å²) < 4.78 is 16.9. The SMILES string of the molecule is CNC(=O)NC(=O)[C@H](C)Sc1nnc([C@@H]2COc3ccccc3O2)o1. The van der Waals surface area contributed by atoms with Gasteiger partial charge in [0.1, 0.15) is 6.61 Å². The fourth-order valence-corrected chi connectivity index (χ4v) is 2.71. The monoisotopic (exact) mass is 364 g/mol. The first kappa shape index (κ1) is 17.1. The van der Waals surface area contributed by atoms with Crippen molar-refractivity contribution in [2.45, 2.75) is 23.5 Å². The first-order valence-electron chi connectivity index (χ1n) is 7.48. The first-order valence-corrected chi connectivity index (χ1v) is 8.36. The summed E-state index contributed by atoms with van der Waals surface area (Å²) in [5.41, 5.74) is 0. The Morgan fingerprint density at radius 1 is 1.28 bits per heavy atom. The van der Waals surface area contributed by atoms with Gasteiger partial charge in [0.05, 0.1) is 5.25 Å². The number of carbonyl (C=O) groups excluding carboxylic acids is 2. The summed E-state index contributed by atoms with van der Waals surface area (Å²) >= 11 is 1.05. The summed E-state index contributed by atoms with van der Waals surface area (Å²) in [5, 5.41) is 12.0. The van der Waals surface area contributed by atoms with Gasteiger partial charge in [-0.3, -0.25) is 10.1 Å². The lowest BCUT2D eigenvalue weighted by Crippen LogP contribution is -2.41. The Hall–Kier alpha value is -2.75. The molecule has 0 saturated heterocycles. The zero-order chi connectivity index (χ0) is 17.8. The third-order valence-corrected chi connectivity index (χ3v) is 4.25. The highest BCUT2D eigenvalue weighted by atomic mass is 32.2. The largest absolute Gasteiger partial charge is 0.485 e. The first-order chi connectivity index (χ1) is 12.1. The van der Waals surface area contributed by atoms with Crippen LogP contribution in [0.15, 0.2) is 33.9 Å². The van der Waals surface area contributed by atoms with Gasteiger partial charge in [0.15, 0.2) is 11.5 Å². The number of amides is 3. The summed E-state index contributed by atoms with van der Waals surface area (Å²) in [6.45, 7) is 1.87. The van der Waals surface area contributed by atoms with Crippen LogP contribution < -0.4 is 20.1 Å². The van der Waals surface area contributed by atoms with E-state index in [0.29, 0.717) is 11.5 Å². The Balaban J connectivity index is 1.61. The number of para-hydroxylation sites is 2. The number of ether oxygens (including phenoxy) is 2. The predicted octanol–water partition coefficient (Wildman–Crippen LogP) is 1.52. The van der Waals surface area contributed by atoms with E-state index in [1.54, 1.807) is 13.0 Å². The molecule has 3 rings (SSSR count). The second-order valence-electron chi connectivity index (χ2n) is 5.10. The zero-order valence-corrected chi connectivity index (χ0v) is 14.3. The number of hydrogen-bond acceptors (Lipinski definition) is 8. The highest BCUT2D eigenvalue weighted by Crippen LogP contribution is 2.36. The number of nitrogens with zero attached hydrogens (tertiary/aromatic N) is 2. The number of urea groups is 1. The molecule has 1 aromatic carbocycles. The summed E-state index contributed by atoms with van der Waals surface area (Å²) in [6, 6.07) is 6.73. The highest BCUT2D eigenvalue weighted by molar-refractivity contribution is 8.00. The lowest BCUT2D eigenvalue weighted by atomic mass is 10.2. The molecule has 2 heterocycles. The van der Waals surface area contributed by atoms with E-state index < -0.39 is 23.3 Å². The third-order valence-electron chi connectivity index (χ3n) is 3.32. The van der Waals surface area contributed by atoms with Crippen molar-refractivity contribution in [3.8, 4) is 11.5 Å². The van der Waals surface area contributed by atoms with Crippen LogP contribution in [0.2, 0.25) is 0 Å². The molecule has 0 aliphatic carbocycles. The lowest BCUT2D eigenvalue weighted by Gasteiger charge is -2.23. The van der Waals surface area contributed by atoms with Gasteiger partial charge in [0, 0.05) is 7.05 Å². The highest BCUT2D eigenvalue weighted by Gasteiger charge is 2.28. The van der Waals surface area contributed by atoms with E-state index in [4.69, 9.17) is 13.9 Å². The minimum Gasteiger partial charge on any atom is -0.485 e. The van der Waals surface area contributed by atoms with Gasteiger partial charge in [-0.15, -0.1) is 10.2 Å². The minimum absolute atomic E-state index is 0.206. The fraction of sp³-hybridized carbons (Fsp3) is 0.333. The summed E-state index contributed by atoms with van der Waals surface area (Å²) in [5.74, 6) is 1.06. The number of rotatable bonds is 4. The minimum atomic E-state index is -0.588. The maximum Gasteiger partial charge on any atom is 0.321 e. The van der Waals surface area contributed by atoms with Crippen LogP contribution >= 0.6 is 11.8 Å². The number of thioether (sulfide) groups is 1. The molecule has 132 valence electrons. The van der Waals surface area contributed by atoms with E-state index in [1.807, 2.05) is 18.2 Å². The van der Waals surface area contributed by atoms with Gasteiger partial charge in [-0.1, -0.05) is 23.9 Å². The number of fused-ring (bicyclic) bond motifs is 1.